The zero-order valence-electron chi connectivity index (χ0n) is 16.7. The van der Waals surface area contributed by atoms with E-state index < -0.39 is 48.0 Å². The molecule has 0 aliphatic rings. The molecule has 0 aromatic rings. The molecule has 0 bridgehead atoms. The lowest BCUT2D eigenvalue weighted by molar-refractivity contribution is 0.201. The summed E-state index contributed by atoms with van der Waals surface area (Å²) < 4.78 is 45.2. The first-order chi connectivity index (χ1) is 13.9. The quantitative estimate of drug-likeness (QED) is 0.0866. The number of hydrogen-bond donors (Lipinski definition) is 11. The minimum Gasteiger partial charge on any atom is -0.396 e. The van der Waals surface area contributed by atoms with Gasteiger partial charge in [0.05, 0.1) is 0 Å². The second-order valence-corrected chi connectivity index (χ2v) is 13.7. The first-order valence-corrected chi connectivity index (χ1v) is 15.5. The molecule has 0 rings (SSSR count). The van der Waals surface area contributed by atoms with E-state index >= 15 is 0 Å². The SMILES string of the molecule is CCCN(C(P(=O)(O)O)P(=O)(O)O)C(P(=O)(O)O)P(=O)(O)O.OCCCNCCCO. The number of nitrogens with zero attached hydrogens (tertiary/aromatic N) is 1. The normalized spacial score (nSPS) is 13.6. The highest BCUT2D eigenvalue weighted by Gasteiger charge is 2.57. The second-order valence-electron chi connectivity index (χ2n) is 6.19. The number of hydrogen-bond acceptors (Lipinski definition) is 8. The molecular weight excluding hydrogens is 508 g/mol. The van der Waals surface area contributed by atoms with Gasteiger partial charge in [-0.3, -0.25) is 23.2 Å². The molecule has 0 aromatic heterocycles. The van der Waals surface area contributed by atoms with Crippen molar-refractivity contribution >= 4 is 30.4 Å². The molecule has 0 saturated carbocycles. The van der Waals surface area contributed by atoms with Crippen LogP contribution in [0.25, 0.3) is 0 Å². The molecule has 11 N–H and O–H groups in total. The van der Waals surface area contributed by atoms with Crippen LogP contribution >= 0.6 is 30.4 Å². The first-order valence-electron chi connectivity index (χ1n) is 8.74. The van der Waals surface area contributed by atoms with Crippen LogP contribution < -0.4 is 5.32 Å². The van der Waals surface area contributed by atoms with E-state index in [4.69, 9.17) is 49.4 Å². The standard InChI is InChI=1S/C6H15NO2.C5H17NO12P4/c8-5-1-3-7-4-2-6-9;1-2-3-6(4(19(7,8)9)20(10,11)12)5(21(13,14)15)22(16,17)18/h7-9H,1-6H2;4-5H,2-3H2,1H3,(H2,7,8,9)(H2,10,11,12)(H2,13,14,15)(H2,16,17,18). The van der Waals surface area contributed by atoms with Crippen LogP contribution in [0, 0.1) is 0 Å². The molecule has 0 aliphatic carbocycles. The van der Waals surface area contributed by atoms with Crippen LogP contribution in [0.1, 0.15) is 26.2 Å². The third-order valence-corrected chi connectivity index (χ3v) is 10.5. The molecule has 0 heterocycles. The van der Waals surface area contributed by atoms with Crippen LogP contribution in [-0.4, -0.2) is 98.2 Å². The van der Waals surface area contributed by atoms with E-state index in [9.17, 15) is 18.3 Å². The molecule has 20 heteroatoms. The zero-order valence-corrected chi connectivity index (χ0v) is 20.2. The maximum Gasteiger partial charge on any atom is 0.355 e. The van der Waals surface area contributed by atoms with Crippen LogP contribution in [0.2, 0.25) is 0 Å². The highest BCUT2D eigenvalue weighted by molar-refractivity contribution is 7.72. The highest BCUT2D eigenvalue weighted by Crippen LogP contribution is 2.68. The van der Waals surface area contributed by atoms with Gasteiger partial charge < -0.3 is 54.7 Å². The number of aliphatic hydroxyl groups is 2. The van der Waals surface area contributed by atoms with Gasteiger partial charge in [-0.2, -0.15) is 0 Å². The molecule has 0 spiro atoms. The summed E-state index contributed by atoms with van der Waals surface area (Å²) in [5.74, 6) is 0. The van der Waals surface area contributed by atoms with Gasteiger partial charge in [0, 0.05) is 19.8 Å². The Balaban J connectivity index is 0. The molecule has 0 radical (unpaired) electrons. The Morgan fingerprint density at radius 1 is 0.677 bits per heavy atom. The minimum absolute atomic E-state index is 0.160. The fourth-order valence-corrected chi connectivity index (χ4v) is 8.40. The largest absolute Gasteiger partial charge is 0.396 e. The predicted octanol–water partition coefficient (Wildman–Crippen LogP) is -1.68. The van der Waals surface area contributed by atoms with Crippen molar-refractivity contribution in [3.63, 3.8) is 0 Å². The average molecular weight is 540 g/mol. The van der Waals surface area contributed by atoms with Crippen molar-refractivity contribution in [3.05, 3.63) is 0 Å². The summed E-state index contributed by atoms with van der Waals surface area (Å²) in [6.45, 7) is 2.69. The number of aliphatic hydroxyl groups excluding tert-OH is 2. The van der Waals surface area contributed by atoms with E-state index in [0.29, 0.717) is 0 Å². The summed E-state index contributed by atoms with van der Waals surface area (Å²) in [7, 11) is -22.8. The zero-order chi connectivity index (χ0) is 25.1. The summed E-state index contributed by atoms with van der Waals surface area (Å²) in [5.41, 5.74) is -6.18. The van der Waals surface area contributed by atoms with Crippen molar-refractivity contribution in [3.8, 4) is 0 Å². The van der Waals surface area contributed by atoms with Gasteiger partial charge in [-0.15, -0.1) is 0 Å². The average Bonchev–Trinajstić information content (AvgIpc) is 2.50. The van der Waals surface area contributed by atoms with E-state index in [-0.39, 0.29) is 24.5 Å². The molecule has 0 fully saturated rings. The van der Waals surface area contributed by atoms with Crippen LogP contribution in [0.5, 0.6) is 0 Å². The van der Waals surface area contributed by atoms with Crippen molar-refractivity contribution in [2.75, 3.05) is 32.8 Å². The van der Waals surface area contributed by atoms with Crippen molar-refractivity contribution < 1.29 is 67.6 Å². The lowest BCUT2D eigenvalue weighted by Gasteiger charge is -2.37. The van der Waals surface area contributed by atoms with Gasteiger partial charge in [-0.05, 0) is 32.4 Å². The Hall–Kier alpha value is 0.440. The topological polar surface area (TPSA) is 286 Å². The fraction of sp³-hybridized carbons (Fsp3) is 1.00. The Bertz CT molecular complexity index is 586. The molecule has 190 valence electrons. The summed E-state index contributed by atoms with van der Waals surface area (Å²) in [4.78, 5) is 72.3. The Kier molecular flexibility index (Phi) is 15.9. The third kappa shape index (κ3) is 14.3. The molecule has 0 amide bonds. The van der Waals surface area contributed by atoms with Gasteiger partial charge in [-0.25, -0.2) is 0 Å². The summed E-state index contributed by atoms with van der Waals surface area (Å²) in [6.07, 6.45) is 1.43. The molecule has 31 heavy (non-hydrogen) atoms. The van der Waals surface area contributed by atoms with Crippen molar-refractivity contribution in [2.45, 2.75) is 37.2 Å². The minimum atomic E-state index is -5.70. The lowest BCUT2D eigenvalue weighted by Crippen LogP contribution is -2.43. The molecule has 16 nitrogen and oxygen atoms in total. The molecular formula is C11H32N2O14P4. The van der Waals surface area contributed by atoms with E-state index in [0.717, 1.165) is 25.9 Å². The monoisotopic (exact) mass is 540 g/mol. The maximum absolute atomic E-state index is 11.3. The van der Waals surface area contributed by atoms with Gasteiger partial charge >= 0.3 is 30.4 Å². The summed E-state index contributed by atoms with van der Waals surface area (Å²) in [5, 5.41) is 19.7. The van der Waals surface area contributed by atoms with Crippen LogP contribution in [0.3, 0.4) is 0 Å². The second kappa shape index (κ2) is 14.6. The predicted molar refractivity (Wildman–Crippen MR) is 109 cm³/mol. The molecule has 0 aliphatic heterocycles. The first kappa shape index (κ1) is 33.6. The van der Waals surface area contributed by atoms with Crippen LogP contribution in [0.4, 0.5) is 0 Å². The maximum atomic E-state index is 11.3. The van der Waals surface area contributed by atoms with Gasteiger partial charge in [0.15, 0.2) is 0 Å². The van der Waals surface area contributed by atoms with Gasteiger partial charge in [-0.1, -0.05) is 6.92 Å². The lowest BCUT2D eigenvalue weighted by atomic mass is 10.4. The van der Waals surface area contributed by atoms with Crippen molar-refractivity contribution in [1.29, 1.82) is 0 Å². The molecule has 0 atom stereocenters. The van der Waals surface area contributed by atoms with Crippen molar-refractivity contribution in [1.82, 2.24) is 10.2 Å². The number of rotatable bonds is 14. The van der Waals surface area contributed by atoms with Crippen LogP contribution in [0.15, 0.2) is 0 Å². The fourth-order valence-electron chi connectivity index (χ4n) is 2.31. The summed E-state index contributed by atoms with van der Waals surface area (Å²) >= 11 is 0. The highest BCUT2D eigenvalue weighted by atomic mass is 31.2. The summed E-state index contributed by atoms with van der Waals surface area (Å²) in [6, 6.07) is 0. The molecule has 0 unspecified atom stereocenters. The Labute approximate surface area is 178 Å². The Morgan fingerprint density at radius 3 is 1.16 bits per heavy atom. The molecule has 0 saturated heterocycles. The third-order valence-electron chi connectivity index (χ3n) is 3.30. The van der Waals surface area contributed by atoms with Gasteiger partial charge in [0.1, 0.15) is 0 Å². The van der Waals surface area contributed by atoms with Crippen LogP contribution in [-0.2, 0) is 18.3 Å². The van der Waals surface area contributed by atoms with Gasteiger partial charge in [0.25, 0.3) is 0 Å². The van der Waals surface area contributed by atoms with E-state index in [1.165, 1.54) is 6.92 Å². The smallest absolute Gasteiger partial charge is 0.355 e. The van der Waals surface area contributed by atoms with E-state index in [1.54, 1.807) is 0 Å². The van der Waals surface area contributed by atoms with E-state index in [2.05, 4.69) is 5.32 Å². The number of nitrogens with one attached hydrogen (secondary N) is 1. The van der Waals surface area contributed by atoms with Crippen molar-refractivity contribution in [2.24, 2.45) is 0 Å². The molecule has 0 aromatic carbocycles. The Morgan fingerprint density at radius 2 is 0.968 bits per heavy atom. The van der Waals surface area contributed by atoms with Gasteiger partial charge in [0.2, 0.25) is 11.0 Å². The van der Waals surface area contributed by atoms with E-state index in [1.807, 2.05) is 0 Å².